The number of nitrogens with one attached hydrogen (secondary N) is 1. The summed E-state index contributed by atoms with van der Waals surface area (Å²) in [5.74, 6) is 1.43. The van der Waals surface area contributed by atoms with Crippen molar-refractivity contribution >= 4 is 11.7 Å². The number of anilines is 1. The monoisotopic (exact) mass is 352 g/mol. The van der Waals surface area contributed by atoms with Gasteiger partial charge in [-0.15, -0.1) is 0 Å². The molecule has 1 N–H and O–H groups in total. The molecule has 2 heterocycles. The van der Waals surface area contributed by atoms with E-state index in [0.29, 0.717) is 18.1 Å². The minimum atomic E-state index is -0.111. The Morgan fingerprint density at radius 2 is 1.81 bits per heavy atom. The highest BCUT2D eigenvalue weighted by Gasteiger charge is 2.15. The van der Waals surface area contributed by atoms with Crippen molar-refractivity contribution in [2.45, 2.75) is 45.4 Å². The summed E-state index contributed by atoms with van der Waals surface area (Å²) in [5.41, 5.74) is 1.76. The van der Waals surface area contributed by atoms with E-state index < -0.39 is 0 Å². The first-order valence-corrected chi connectivity index (χ1v) is 9.65. The molecule has 0 radical (unpaired) electrons. The first-order valence-electron chi connectivity index (χ1n) is 9.65. The number of aromatic nitrogens is 2. The minimum Gasteiger partial charge on any atom is -0.356 e. The molecule has 1 aromatic heterocycles. The third-order valence-electron chi connectivity index (χ3n) is 4.76. The Labute approximate surface area is 155 Å². The van der Waals surface area contributed by atoms with Gasteiger partial charge in [-0.25, -0.2) is 9.97 Å². The number of benzene rings is 1. The van der Waals surface area contributed by atoms with Gasteiger partial charge in [0.15, 0.2) is 0 Å². The summed E-state index contributed by atoms with van der Waals surface area (Å²) in [4.78, 5) is 23.7. The normalized spacial score (nSPS) is 14.7. The maximum absolute atomic E-state index is 12.5. The fraction of sp³-hybridized carbons (Fsp3) is 0.476. The number of nitrogens with zero attached hydrogens (tertiary/aromatic N) is 3. The zero-order valence-electron chi connectivity index (χ0n) is 15.6. The molecule has 5 nitrogen and oxygen atoms in total. The Morgan fingerprint density at radius 3 is 2.54 bits per heavy atom. The SMILES string of the molecule is Cc1nc(C(=O)NCCCc2ccccc2)cc(N2CCCCCC2)n1. The number of rotatable bonds is 6. The standard InChI is InChI=1S/C21H28N4O/c1-17-23-19(16-20(24-17)25-14-7-2-3-8-15-25)21(26)22-13-9-12-18-10-5-4-6-11-18/h4-6,10-11,16H,2-3,7-9,12-15H2,1H3,(H,22,26). The summed E-state index contributed by atoms with van der Waals surface area (Å²) in [6.45, 7) is 4.52. The molecule has 3 rings (SSSR count). The van der Waals surface area contributed by atoms with Crippen LogP contribution in [0.15, 0.2) is 36.4 Å². The third-order valence-corrected chi connectivity index (χ3v) is 4.76. The van der Waals surface area contributed by atoms with Gasteiger partial charge in [0.1, 0.15) is 17.3 Å². The van der Waals surface area contributed by atoms with Crippen LogP contribution in [0.2, 0.25) is 0 Å². The molecular formula is C21H28N4O. The van der Waals surface area contributed by atoms with E-state index in [-0.39, 0.29) is 5.91 Å². The molecule has 0 spiro atoms. The number of carbonyl (C=O) groups excluding carboxylic acids is 1. The Morgan fingerprint density at radius 1 is 1.08 bits per heavy atom. The van der Waals surface area contributed by atoms with Crippen molar-refractivity contribution in [2.75, 3.05) is 24.5 Å². The van der Waals surface area contributed by atoms with Gasteiger partial charge >= 0.3 is 0 Å². The lowest BCUT2D eigenvalue weighted by molar-refractivity contribution is 0.0948. The van der Waals surface area contributed by atoms with Gasteiger partial charge in [-0.05, 0) is 38.2 Å². The average Bonchev–Trinajstić information content (AvgIpc) is 2.95. The highest BCUT2D eigenvalue weighted by Crippen LogP contribution is 2.18. The summed E-state index contributed by atoms with van der Waals surface area (Å²) in [5, 5.41) is 2.99. The van der Waals surface area contributed by atoms with Crippen LogP contribution in [0, 0.1) is 6.92 Å². The Balaban J connectivity index is 1.56. The second kappa shape index (κ2) is 9.32. The largest absolute Gasteiger partial charge is 0.356 e. The molecule has 1 amide bonds. The molecule has 1 fully saturated rings. The zero-order valence-corrected chi connectivity index (χ0v) is 15.6. The fourth-order valence-corrected chi connectivity index (χ4v) is 3.36. The molecule has 2 aromatic rings. The second-order valence-corrected chi connectivity index (χ2v) is 6.90. The van der Waals surface area contributed by atoms with Crippen LogP contribution in [0.3, 0.4) is 0 Å². The van der Waals surface area contributed by atoms with E-state index in [4.69, 9.17) is 0 Å². The maximum Gasteiger partial charge on any atom is 0.270 e. The van der Waals surface area contributed by atoms with E-state index in [1.165, 1.54) is 31.2 Å². The van der Waals surface area contributed by atoms with Crippen molar-refractivity contribution in [3.63, 3.8) is 0 Å². The number of hydrogen-bond donors (Lipinski definition) is 1. The molecule has 138 valence electrons. The van der Waals surface area contributed by atoms with Gasteiger partial charge in [-0.3, -0.25) is 4.79 Å². The minimum absolute atomic E-state index is 0.111. The molecule has 0 unspecified atom stereocenters. The van der Waals surface area contributed by atoms with Crippen LogP contribution in [-0.4, -0.2) is 35.5 Å². The summed E-state index contributed by atoms with van der Waals surface area (Å²) in [7, 11) is 0. The summed E-state index contributed by atoms with van der Waals surface area (Å²) >= 11 is 0. The lowest BCUT2D eigenvalue weighted by Crippen LogP contribution is -2.29. The van der Waals surface area contributed by atoms with Crippen LogP contribution < -0.4 is 10.2 Å². The Bertz CT molecular complexity index is 709. The van der Waals surface area contributed by atoms with Crippen molar-refractivity contribution in [1.29, 1.82) is 0 Å². The van der Waals surface area contributed by atoms with Crippen molar-refractivity contribution in [3.05, 3.63) is 53.5 Å². The van der Waals surface area contributed by atoms with E-state index in [0.717, 1.165) is 31.7 Å². The number of amides is 1. The van der Waals surface area contributed by atoms with Gasteiger partial charge in [0.05, 0.1) is 0 Å². The predicted octanol–water partition coefficient (Wildman–Crippen LogP) is 3.53. The van der Waals surface area contributed by atoms with Gasteiger partial charge in [-0.1, -0.05) is 43.2 Å². The molecule has 0 atom stereocenters. The molecule has 26 heavy (non-hydrogen) atoms. The predicted molar refractivity (Wildman–Crippen MR) is 105 cm³/mol. The Hall–Kier alpha value is -2.43. The maximum atomic E-state index is 12.5. The van der Waals surface area contributed by atoms with Gasteiger partial charge in [0.25, 0.3) is 5.91 Å². The van der Waals surface area contributed by atoms with Crippen LogP contribution in [0.5, 0.6) is 0 Å². The number of hydrogen-bond acceptors (Lipinski definition) is 4. The summed E-state index contributed by atoms with van der Waals surface area (Å²) in [6, 6.07) is 12.2. The molecule has 1 aliphatic heterocycles. The van der Waals surface area contributed by atoms with Crippen molar-refractivity contribution in [3.8, 4) is 0 Å². The molecule has 1 aromatic carbocycles. The molecular weight excluding hydrogens is 324 g/mol. The van der Waals surface area contributed by atoms with Crippen molar-refractivity contribution < 1.29 is 4.79 Å². The van der Waals surface area contributed by atoms with E-state index in [9.17, 15) is 4.79 Å². The smallest absolute Gasteiger partial charge is 0.270 e. The number of aryl methyl sites for hydroxylation is 2. The molecule has 1 aliphatic rings. The van der Waals surface area contributed by atoms with E-state index >= 15 is 0 Å². The van der Waals surface area contributed by atoms with Crippen molar-refractivity contribution in [2.24, 2.45) is 0 Å². The third kappa shape index (κ3) is 5.28. The Kier molecular flexibility index (Phi) is 6.58. The summed E-state index contributed by atoms with van der Waals surface area (Å²) < 4.78 is 0. The average molecular weight is 352 g/mol. The number of carbonyl (C=O) groups is 1. The fourth-order valence-electron chi connectivity index (χ4n) is 3.36. The van der Waals surface area contributed by atoms with Crippen molar-refractivity contribution in [1.82, 2.24) is 15.3 Å². The summed E-state index contributed by atoms with van der Waals surface area (Å²) in [6.07, 6.45) is 6.79. The highest BCUT2D eigenvalue weighted by molar-refractivity contribution is 5.92. The van der Waals surface area contributed by atoms with Gasteiger partial charge in [0.2, 0.25) is 0 Å². The lowest BCUT2D eigenvalue weighted by atomic mass is 10.1. The molecule has 0 bridgehead atoms. The molecule has 1 saturated heterocycles. The van der Waals surface area contributed by atoms with E-state index in [2.05, 4.69) is 32.3 Å². The van der Waals surface area contributed by atoms with Crippen LogP contribution in [0.1, 0.15) is 54.0 Å². The van der Waals surface area contributed by atoms with Gasteiger partial charge in [-0.2, -0.15) is 0 Å². The van der Waals surface area contributed by atoms with Gasteiger partial charge in [0, 0.05) is 25.7 Å². The van der Waals surface area contributed by atoms with E-state index in [1.807, 2.05) is 31.2 Å². The molecule has 5 heteroatoms. The topological polar surface area (TPSA) is 58.1 Å². The van der Waals surface area contributed by atoms with E-state index in [1.54, 1.807) is 0 Å². The molecule has 0 saturated carbocycles. The van der Waals surface area contributed by atoms with Gasteiger partial charge < -0.3 is 10.2 Å². The van der Waals surface area contributed by atoms with Crippen LogP contribution in [0.25, 0.3) is 0 Å². The second-order valence-electron chi connectivity index (χ2n) is 6.90. The zero-order chi connectivity index (χ0) is 18.2. The first-order chi connectivity index (χ1) is 12.7. The van der Waals surface area contributed by atoms with Crippen LogP contribution in [0.4, 0.5) is 5.82 Å². The van der Waals surface area contributed by atoms with Crippen LogP contribution >= 0.6 is 0 Å². The van der Waals surface area contributed by atoms with Crippen LogP contribution in [-0.2, 0) is 6.42 Å². The highest BCUT2D eigenvalue weighted by atomic mass is 16.1. The molecule has 0 aliphatic carbocycles. The first kappa shape index (κ1) is 18.4. The quantitative estimate of drug-likeness (QED) is 0.808. The lowest BCUT2D eigenvalue weighted by Gasteiger charge is -2.22.